The van der Waals surface area contributed by atoms with Crippen molar-refractivity contribution in [2.24, 2.45) is 0 Å². The maximum Gasteiger partial charge on any atom is 0.411 e. The first-order valence-electron chi connectivity index (χ1n) is 4.37. The van der Waals surface area contributed by atoms with Crippen LogP contribution in [0.1, 0.15) is 12.8 Å². The van der Waals surface area contributed by atoms with Crippen molar-refractivity contribution in [1.82, 2.24) is 9.97 Å². The normalized spacial score (nSPS) is 18.3. The van der Waals surface area contributed by atoms with Crippen molar-refractivity contribution in [2.75, 3.05) is 5.32 Å². The van der Waals surface area contributed by atoms with E-state index in [-0.39, 0.29) is 18.1 Å². The molecule has 1 aromatic rings. The van der Waals surface area contributed by atoms with Crippen LogP contribution in [0.15, 0.2) is 6.20 Å². The van der Waals surface area contributed by atoms with Crippen molar-refractivity contribution in [3.05, 3.63) is 17.3 Å². The monoisotopic (exact) mass is 255 g/mol. The molecular formula is C8H6ClF4N3. The van der Waals surface area contributed by atoms with Crippen molar-refractivity contribution < 1.29 is 17.6 Å². The van der Waals surface area contributed by atoms with Gasteiger partial charge in [-0.1, -0.05) is 0 Å². The molecule has 0 spiro atoms. The minimum absolute atomic E-state index is 0.0996. The highest BCUT2D eigenvalue weighted by molar-refractivity contribution is 6.28. The molecule has 1 saturated carbocycles. The fourth-order valence-electron chi connectivity index (χ4n) is 1.26. The van der Waals surface area contributed by atoms with E-state index in [4.69, 9.17) is 11.6 Å². The summed E-state index contributed by atoms with van der Waals surface area (Å²) in [6, 6.07) is 0. The third-order valence-electron chi connectivity index (χ3n) is 2.37. The summed E-state index contributed by atoms with van der Waals surface area (Å²) in [5.74, 6) is -1.48. The molecule has 0 unspecified atom stereocenters. The topological polar surface area (TPSA) is 37.8 Å². The number of aromatic nitrogens is 2. The Labute approximate surface area is 92.8 Å². The number of hydrogen-bond donors (Lipinski definition) is 1. The molecule has 1 aromatic heterocycles. The van der Waals surface area contributed by atoms with Crippen molar-refractivity contribution in [2.45, 2.75) is 24.6 Å². The lowest BCUT2D eigenvalue weighted by Crippen LogP contribution is -2.39. The molecule has 88 valence electrons. The van der Waals surface area contributed by atoms with Gasteiger partial charge in [0.2, 0.25) is 5.28 Å². The number of nitrogens with zero attached hydrogens (tertiary/aromatic N) is 2. The predicted octanol–water partition coefficient (Wildman–Crippen LogP) is 2.78. The van der Waals surface area contributed by atoms with E-state index < -0.39 is 23.4 Å². The number of hydrogen-bond acceptors (Lipinski definition) is 3. The standard InChI is InChI=1S/C8H6ClF4N3/c9-6-14-3-4(10)5(15-6)16-7(1-2-7)8(11,12)13/h3H,1-2H2,(H,14,15,16). The van der Waals surface area contributed by atoms with E-state index in [1.54, 1.807) is 0 Å². The zero-order valence-corrected chi connectivity index (χ0v) is 8.53. The van der Waals surface area contributed by atoms with Crippen LogP contribution in [0.2, 0.25) is 5.28 Å². The van der Waals surface area contributed by atoms with Crippen LogP contribution < -0.4 is 5.32 Å². The molecule has 0 saturated heterocycles. The highest BCUT2D eigenvalue weighted by Crippen LogP contribution is 2.51. The Morgan fingerprint density at radius 3 is 2.50 bits per heavy atom. The van der Waals surface area contributed by atoms with Gasteiger partial charge in [-0.25, -0.2) is 9.37 Å². The van der Waals surface area contributed by atoms with Crippen molar-refractivity contribution in [1.29, 1.82) is 0 Å². The van der Waals surface area contributed by atoms with Crippen LogP contribution in [0.3, 0.4) is 0 Å². The first-order chi connectivity index (χ1) is 7.34. The van der Waals surface area contributed by atoms with Crippen LogP contribution >= 0.6 is 11.6 Å². The van der Waals surface area contributed by atoms with Gasteiger partial charge < -0.3 is 5.32 Å². The zero-order chi connectivity index (χ0) is 12.0. The Kier molecular flexibility index (Phi) is 2.45. The summed E-state index contributed by atoms with van der Waals surface area (Å²) in [5.41, 5.74) is -2.06. The Morgan fingerprint density at radius 1 is 1.38 bits per heavy atom. The molecule has 0 bridgehead atoms. The second kappa shape index (κ2) is 3.44. The summed E-state index contributed by atoms with van der Waals surface area (Å²) in [4.78, 5) is 6.69. The average molecular weight is 256 g/mol. The van der Waals surface area contributed by atoms with Crippen LogP contribution in [-0.2, 0) is 0 Å². The van der Waals surface area contributed by atoms with Gasteiger partial charge in [-0.15, -0.1) is 0 Å². The highest BCUT2D eigenvalue weighted by Gasteiger charge is 2.64. The summed E-state index contributed by atoms with van der Waals surface area (Å²) < 4.78 is 50.8. The molecular weight excluding hydrogens is 250 g/mol. The number of anilines is 1. The lowest BCUT2D eigenvalue weighted by molar-refractivity contribution is -0.151. The van der Waals surface area contributed by atoms with Crippen LogP contribution in [0, 0.1) is 5.82 Å². The fourth-order valence-corrected chi connectivity index (χ4v) is 1.40. The van der Waals surface area contributed by atoms with Gasteiger partial charge in [-0.3, -0.25) is 0 Å². The molecule has 1 heterocycles. The van der Waals surface area contributed by atoms with Gasteiger partial charge >= 0.3 is 6.18 Å². The van der Waals surface area contributed by atoms with Crippen LogP contribution in [0.25, 0.3) is 0 Å². The maximum absolute atomic E-state index is 13.1. The molecule has 2 rings (SSSR count). The fraction of sp³-hybridized carbons (Fsp3) is 0.500. The molecule has 0 amide bonds. The predicted molar refractivity (Wildman–Crippen MR) is 48.6 cm³/mol. The van der Waals surface area contributed by atoms with E-state index >= 15 is 0 Å². The van der Waals surface area contributed by atoms with Crippen LogP contribution in [-0.4, -0.2) is 21.7 Å². The Hall–Kier alpha value is -1.11. The van der Waals surface area contributed by atoms with Crippen LogP contribution in [0.4, 0.5) is 23.4 Å². The molecule has 3 nitrogen and oxygen atoms in total. The maximum atomic E-state index is 13.1. The van der Waals surface area contributed by atoms with Crippen LogP contribution in [0.5, 0.6) is 0 Å². The minimum atomic E-state index is -4.43. The van der Waals surface area contributed by atoms with E-state index in [9.17, 15) is 17.6 Å². The van der Waals surface area contributed by atoms with Gasteiger partial charge in [0, 0.05) is 0 Å². The van der Waals surface area contributed by atoms with Crippen molar-refractivity contribution in [3.8, 4) is 0 Å². The van der Waals surface area contributed by atoms with E-state index in [0.717, 1.165) is 6.20 Å². The summed E-state index contributed by atoms with van der Waals surface area (Å²) in [6.07, 6.45) is -3.91. The number of halogens is 5. The summed E-state index contributed by atoms with van der Waals surface area (Å²) in [5, 5.41) is 1.74. The largest absolute Gasteiger partial charge is 0.411 e. The molecule has 16 heavy (non-hydrogen) atoms. The number of rotatable bonds is 2. The van der Waals surface area contributed by atoms with E-state index in [2.05, 4.69) is 9.97 Å². The van der Waals surface area contributed by atoms with E-state index in [1.165, 1.54) is 0 Å². The van der Waals surface area contributed by atoms with Gasteiger partial charge in [-0.2, -0.15) is 18.2 Å². The molecule has 0 atom stereocenters. The number of nitrogens with one attached hydrogen (secondary N) is 1. The third kappa shape index (κ3) is 1.91. The zero-order valence-electron chi connectivity index (χ0n) is 7.78. The molecule has 0 aliphatic heterocycles. The molecule has 1 aliphatic rings. The third-order valence-corrected chi connectivity index (χ3v) is 2.55. The van der Waals surface area contributed by atoms with Gasteiger partial charge in [-0.05, 0) is 24.4 Å². The quantitative estimate of drug-likeness (QED) is 0.652. The molecule has 8 heteroatoms. The Morgan fingerprint density at radius 2 is 2.00 bits per heavy atom. The first-order valence-corrected chi connectivity index (χ1v) is 4.75. The van der Waals surface area contributed by atoms with Crippen molar-refractivity contribution >= 4 is 17.4 Å². The van der Waals surface area contributed by atoms with E-state index in [1.807, 2.05) is 5.32 Å². The molecule has 1 aliphatic carbocycles. The smallest absolute Gasteiger partial charge is 0.354 e. The SMILES string of the molecule is Fc1cnc(Cl)nc1NC1(C(F)(F)F)CC1. The summed E-state index contributed by atoms with van der Waals surface area (Å²) in [7, 11) is 0. The number of alkyl halides is 3. The summed E-state index contributed by atoms with van der Waals surface area (Å²) >= 11 is 5.37. The lowest BCUT2D eigenvalue weighted by Gasteiger charge is -2.21. The second-order valence-electron chi connectivity index (χ2n) is 3.54. The van der Waals surface area contributed by atoms with Gasteiger partial charge in [0.25, 0.3) is 0 Å². The molecule has 0 radical (unpaired) electrons. The Balaban J connectivity index is 2.25. The first kappa shape index (κ1) is 11.4. The molecule has 1 fully saturated rings. The Bertz CT molecular complexity index is 416. The van der Waals surface area contributed by atoms with Gasteiger partial charge in [0.15, 0.2) is 11.6 Å². The lowest BCUT2D eigenvalue weighted by atomic mass is 10.2. The average Bonchev–Trinajstić information content (AvgIpc) is 2.91. The molecule has 1 N–H and O–H groups in total. The highest BCUT2D eigenvalue weighted by atomic mass is 35.5. The second-order valence-corrected chi connectivity index (χ2v) is 3.88. The summed E-state index contributed by atoms with van der Waals surface area (Å²) in [6.45, 7) is 0. The van der Waals surface area contributed by atoms with Gasteiger partial charge in [0.05, 0.1) is 6.20 Å². The molecule has 0 aromatic carbocycles. The minimum Gasteiger partial charge on any atom is -0.354 e. The van der Waals surface area contributed by atoms with Gasteiger partial charge in [0.1, 0.15) is 5.54 Å². The van der Waals surface area contributed by atoms with Crippen molar-refractivity contribution in [3.63, 3.8) is 0 Å². The van der Waals surface area contributed by atoms with E-state index in [0.29, 0.717) is 0 Å².